The van der Waals surface area contributed by atoms with Gasteiger partial charge in [-0.15, -0.1) is 11.6 Å². The molecular formula is C11H17ClN2O2S. The maximum Gasteiger partial charge on any atom is 0.212 e. The molecule has 0 bridgehead atoms. The molecule has 0 spiro atoms. The summed E-state index contributed by atoms with van der Waals surface area (Å²) in [6, 6.07) is 3.45. The maximum atomic E-state index is 11.7. The summed E-state index contributed by atoms with van der Waals surface area (Å²) >= 11 is 5.66. The van der Waals surface area contributed by atoms with Gasteiger partial charge >= 0.3 is 0 Å². The topological polar surface area (TPSA) is 59.1 Å². The van der Waals surface area contributed by atoms with Crippen LogP contribution < -0.4 is 4.72 Å². The van der Waals surface area contributed by atoms with Gasteiger partial charge in [0.25, 0.3) is 0 Å². The Bertz CT molecular complexity index is 418. The number of alkyl halides is 1. The lowest BCUT2D eigenvalue weighted by Crippen LogP contribution is -2.37. The molecule has 96 valence electrons. The highest BCUT2D eigenvalue weighted by molar-refractivity contribution is 7.89. The lowest BCUT2D eigenvalue weighted by atomic mass is 10.2. The summed E-state index contributed by atoms with van der Waals surface area (Å²) < 4.78 is 26.1. The Labute approximate surface area is 107 Å². The van der Waals surface area contributed by atoms with Crippen molar-refractivity contribution in [3.8, 4) is 0 Å². The van der Waals surface area contributed by atoms with Crippen molar-refractivity contribution in [1.82, 2.24) is 9.71 Å². The SMILES string of the molecule is CCC(CCl)NS(=O)(=O)CCc1ccncc1. The average molecular weight is 277 g/mol. The van der Waals surface area contributed by atoms with Crippen molar-refractivity contribution in [2.24, 2.45) is 0 Å². The lowest BCUT2D eigenvalue weighted by Gasteiger charge is -2.13. The van der Waals surface area contributed by atoms with Gasteiger partial charge in [0.1, 0.15) is 0 Å². The van der Waals surface area contributed by atoms with E-state index < -0.39 is 10.0 Å². The predicted molar refractivity (Wildman–Crippen MR) is 69.7 cm³/mol. The van der Waals surface area contributed by atoms with Crippen molar-refractivity contribution in [1.29, 1.82) is 0 Å². The van der Waals surface area contributed by atoms with Crippen molar-refractivity contribution in [3.63, 3.8) is 0 Å². The molecule has 0 saturated heterocycles. The Kier molecular flexibility index (Phi) is 5.88. The fourth-order valence-corrected chi connectivity index (χ4v) is 3.11. The van der Waals surface area contributed by atoms with Crippen LogP contribution in [0, 0.1) is 0 Å². The molecule has 1 N–H and O–H groups in total. The van der Waals surface area contributed by atoms with E-state index in [-0.39, 0.29) is 11.8 Å². The van der Waals surface area contributed by atoms with Gasteiger partial charge in [0.05, 0.1) is 5.75 Å². The number of hydrogen-bond acceptors (Lipinski definition) is 3. The van der Waals surface area contributed by atoms with Crippen LogP contribution in [-0.2, 0) is 16.4 Å². The van der Waals surface area contributed by atoms with Crippen molar-refractivity contribution >= 4 is 21.6 Å². The molecule has 0 amide bonds. The molecule has 0 aliphatic heterocycles. The molecule has 0 aromatic carbocycles. The first kappa shape index (κ1) is 14.4. The molecule has 6 heteroatoms. The Balaban J connectivity index is 2.50. The van der Waals surface area contributed by atoms with Crippen molar-refractivity contribution in [2.45, 2.75) is 25.8 Å². The average Bonchev–Trinajstić information content (AvgIpc) is 2.35. The minimum Gasteiger partial charge on any atom is -0.265 e. The molecule has 1 atom stereocenters. The summed E-state index contributed by atoms with van der Waals surface area (Å²) in [5.41, 5.74) is 0.962. The van der Waals surface area contributed by atoms with Gasteiger partial charge in [-0.3, -0.25) is 4.98 Å². The van der Waals surface area contributed by atoms with Crippen molar-refractivity contribution in [2.75, 3.05) is 11.6 Å². The number of nitrogens with zero attached hydrogens (tertiary/aromatic N) is 1. The first-order valence-corrected chi connectivity index (χ1v) is 7.71. The fourth-order valence-electron chi connectivity index (χ4n) is 1.34. The van der Waals surface area contributed by atoms with Crippen LogP contribution in [0.25, 0.3) is 0 Å². The van der Waals surface area contributed by atoms with Gasteiger partial charge in [-0.2, -0.15) is 0 Å². The van der Waals surface area contributed by atoms with E-state index in [2.05, 4.69) is 9.71 Å². The number of rotatable bonds is 7. The van der Waals surface area contributed by atoms with E-state index >= 15 is 0 Å². The molecule has 1 aromatic rings. The standard InChI is InChI=1S/C11H17ClN2O2S/c1-2-11(9-12)14-17(15,16)8-5-10-3-6-13-7-4-10/h3-4,6-7,11,14H,2,5,8-9H2,1H3. The van der Waals surface area contributed by atoms with Crippen molar-refractivity contribution < 1.29 is 8.42 Å². The maximum absolute atomic E-state index is 11.7. The largest absolute Gasteiger partial charge is 0.265 e. The van der Waals surface area contributed by atoms with Crippen LogP contribution in [0.3, 0.4) is 0 Å². The van der Waals surface area contributed by atoms with Gasteiger partial charge < -0.3 is 0 Å². The van der Waals surface area contributed by atoms with E-state index in [1.165, 1.54) is 0 Å². The second-order valence-electron chi connectivity index (χ2n) is 3.80. The monoisotopic (exact) mass is 276 g/mol. The van der Waals surface area contributed by atoms with Gasteiger partial charge in [0.2, 0.25) is 10.0 Å². The molecule has 1 unspecified atom stereocenters. The van der Waals surface area contributed by atoms with Gasteiger partial charge in [-0.25, -0.2) is 13.1 Å². The van der Waals surface area contributed by atoms with Crippen molar-refractivity contribution in [3.05, 3.63) is 30.1 Å². The Morgan fingerprint density at radius 2 is 2.06 bits per heavy atom. The molecule has 0 radical (unpaired) electrons. The highest BCUT2D eigenvalue weighted by atomic mass is 35.5. The van der Waals surface area contributed by atoms with E-state index in [0.29, 0.717) is 18.7 Å². The lowest BCUT2D eigenvalue weighted by molar-refractivity contribution is 0.556. The number of aromatic nitrogens is 1. The zero-order valence-electron chi connectivity index (χ0n) is 9.77. The molecule has 1 aromatic heterocycles. The van der Waals surface area contributed by atoms with E-state index in [1.54, 1.807) is 12.4 Å². The van der Waals surface area contributed by atoms with Gasteiger partial charge in [0.15, 0.2) is 0 Å². The number of sulfonamides is 1. The van der Waals surface area contributed by atoms with Crippen LogP contribution in [0.4, 0.5) is 0 Å². The van der Waals surface area contributed by atoms with Crippen LogP contribution in [-0.4, -0.2) is 31.1 Å². The number of nitrogens with one attached hydrogen (secondary N) is 1. The molecule has 17 heavy (non-hydrogen) atoms. The smallest absolute Gasteiger partial charge is 0.212 e. The molecule has 4 nitrogen and oxygen atoms in total. The van der Waals surface area contributed by atoms with Gasteiger partial charge in [0, 0.05) is 24.3 Å². The Morgan fingerprint density at radius 3 is 2.59 bits per heavy atom. The van der Waals surface area contributed by atoms with Gasteiger partial charge in [-0.1, -0.05) is 6.92 Å². The second kappa shape index (κ2) is 6.93. The third-order valence-electron chi connectivity index (χ3n) is 2.43. The molecule has 0 aliphatic rings. The van der Waals surface area contributed by atoms with Crippen LogP contribution >= 0.6 is 11.6 Å². The molecular weight excluding hydrogens is 260 g/mol. The number of halogens is 1. The first-order chi connectivity index (χ1) is 8.07. The number of aryl methyl sites for hydroxylation is 1. The van der Waals surface area contributed by atoms with E-state index in [4.69, 9.17) is 11.6 Å². The quantitative estimate of drug-likeness (QED) is 0.769. The number of pyridine rings is 1. The normalized spacial score (nSPS) is 13.5. The first-order valence-electron chi connectivity index (χ1n) is 5.52. The predicted octanol–water partition coefficient (Wildman–Crippen LogP) is 1.56. The molecule has 1 rings (SSSR count). The summed E-state index contributed by atoms with van der Waals surface area (Å²) in [7, 11) is -3.26. The minimum atomic E-state index is -3.26. The highest BCUT2D eigenvalue weighted by Crippen LogP contribution is 2.02. The van der Waals surface area contributed by atoms with Crippen LogP contribution in [0.5, 0.6) is 0 Å². The summed E-state index contributed by atoms with van der Waals surface area (Å²) in [6.45, 7) is 1.90. The van der Waals surface area contributed by atoms with E-state index in [9.17, 15) is 8.42 Å². The minimum absolute atomic E-state index is 0.0738. The molecule has 1 heterocycles. The van der Waals surface area contributed by atoms with E-state index in [1.807, 2.05) is 19.1 Å². The van der Waals surface area contributed by atoms with Crippen LogP contribution in [0.15, 0.2) is 24.5 Å². The summed E-state index contributed by atoms with van der Waals surface area (Å²) in [5, 5.41) is 0. The Hall–Kier alpha value is -0.650. The zero-order valence-corrected chi connectivity index (χ0v) is 11.3. The highest BCUT2D eigenvalue weighted by Gasteiger charge is 2.15. The zero-order chi connectivity index (χ0) is 12.7. The fraction of sp³-hybridized carbons (Fsp3) is 0.545. The van der Waals surface area contributed by atoms with E-state index in [0.717, 1.165) is 5.56 Å². The third kappa shape index (κ3) is 5.48. The Morgan fingerprint density at radius 1 is 1.41 bits per heavy atom. The van der Waals surface area contributed by atoms with Gasteiger partial charge in [-0.05, 0) is 30.5 Å². The molecule has 0 saturated carbocycles. The van der Waals surface area contributed by atoms with Crippen LogP contribution in [0.1, 0.15) is 18.9 Å². The molecule has 0 aliphatic carbocycles. The number of hydrogen-bond donors (Lipinski definition) is 1. The second-order valence-corrected chi connectivity index (χ2v) is 5.98. The molecule has 0 fully saturated rings. The summed E-state index contributed by atoms with van der Waals surface area (Å²) in [4.78, 5) is 3.88. The summed E-state index contributed by atoms with van der Waals surface area (Å²) in [5.74, 6) is 0.370. The summed E-state index contributed by atoms with van der Waals surface area (Å²) in [6.07, 6.45) is 4.49. The third-order valence-corrected chi connectivity index (χ3v) is 4.24. The van der Waals surface area contributed by atoms with Crippen LogP contribution in [0.2, 0.25) is 0 Å².